The van der Waals surface area contributed by atoms with E-state index < -0.39 is 0 Å². The monoisotopic (exact) mass is 306 g/mol. The highest BCUT2D eigenvalue weighted by Crippen LogP contribution is 2.26. The van der Waals surface area contributed by atoms with Crippen LogP contribution in [0.15, 0.2) is 34.9 Å². The molecule has 2 N–H and O–H groups in total. The molecule has 0 unspecified atom stereocenters. The fourth-order valence-electron chi connectivity index (χ4n) is 1.85. The van der Waals surface area contributed by atoms with Gasteiger partial charge in [0.25, 0.3) is 0 Å². The number of aromatic nitrogens is 1. The average molecular weight is 307 g/mol. The van der Waals surface area contributed by atoms with Crippen LogP contribution in [0.25, 0.3) is 0 Å². The molecule has 0 aliphatic carbocycles. The minimum absolute atomic E-state index is 0.457. The van der Waals surface area contributed by atoms with Crippen molar-refractivity contribution < 1.29 is 4.74 Å². The molecular weight excluding hydrogens is 292 g/mol. The minimum atomic E-state index is 0.457. The van der Waals surface area contributed by atoms with Crippen molar-refractivity contribution in [3.63, 3.8) is 0 Å². The van der Waals surface area contributed by atoms with Crippen LogP contribution in [0.3, 0.4) is 0 Å². The average Bonchev–Trinajstić information content (AvgIpc) is 2.30. The number of ether oxygens (including phenoxy) is 1. The zero-order valence-electron chi connectivity index (χ0n) is 10.4. The highest BCUT2D eigenvalue weighted by molar-refractivity contribution is 9.10. The molecule has 1 heterocycles. The molecule has 0 aliphatic heterocycles. The summed E-state index contributed by atoms with van der Waals surface area (Å²) in [7, 11) is 0. The number of hydrogen-bond donors (Lipinski definition) is 1. The summed E-state index contributed by atoms with van der Waals surface area (Å²) < 4.78 is 6.78. The largest absolute Gasteiger partial charge is 0.487 e. The summed E-state index contributed by atoms with van der Waals surface area (Å²) in [5.41, 5.74) is 9.53. The van der Waals surface area contributed by atoms with Gasteiger partial charge in [0.1, 0.15) is 12.4 Å². The first kappa shape index (κ1) is 12.9. The minimum Gasteiger partial charge on any atom is -0.487 e. The van der Waals surface area contributed by atoms with E-state index in [1.807, 2.05) is 38.1 Å². The molecule has 0 radical (unpaired) electrons. The van der Waals surface area contributed by atoms with E-state index >= 15 is 0 Å². The summed E-state index contributed by atoms with van der Waals surface area (Å²) in [6.07, 6.45) is 1.77. The maximum Gasteiger partial charge on any atom is 0.130 e. The third-order valence-corrected chi connectivity index (χ3v) is 3.10. The van der Waals surface area contributed by atoms with Crippen molar-refractivity contribution in [2.24, 2.45) is 0 Å². The van der Waals surface area contributed by atoms with Gasteiger partial charge in [-0.2, -0.15) is 0 Å². The van der Waals surface area contributed by atoms with Crippen molar-refractivity contribution >= 4 is 21.6 Å². The predicted octanol–water partition coefficient (Wildman–Crippen LogP) is 3.62. The molecule has 94 valence electrons. The van der Waals surface area contributed by atoms with Gasteiger partial charge in [-0.05, 0) is 65.2 Å². The van der Waals surface area contributed by atoms with Crippen molar-refractivity contribution in [1.29, 1.82) is 0 Å². The molecule has 3 nitrogen and oxygen atoms in total. The summed E-state index contributed by atoms with van der Waals surface area (Å²) in [5.74, 6) is 0.883. The predicted molar refractivity (Wildman–Crippen MR) is 76.6 cm³/mol. The second-order valence-corrected chi connectivity index (χ2v) is 5.16. The van der Waals surface area contributed by atoms with Gasteiger partial charge in [0.05, 0.1) is 5.69 Å². The zero-order valence-corrected chi connectivity index (χ0v) is 12.0. The Kier molecular flexibility index (Phi) is 3.87. The summed E-state index contributed by atoms with van der Waals surface area (Å²) in [5, 5.41) is 0. The molecule has 0 amide bonds. The van der Waals surface area contributed by atoms with Gasteiger partial charge in [-0.15, -0.1) is 0 Å². The van der Waals surface area contributed by atoms with Gasteiger partial charge in [0, 0.05) is 16.4 Å². The summed E-state index contributed by atoms with van der Waals surface area (Å²) >= 11 is 3.36. The van der Waals surface area contributed by atoms with Crippen LogP contribution >= 0.6 is 15.9 Å². The molecule has 0 spiro atoms. The first-order valence-corrected chi connectivity index (χ1v) is 6.45. The Bertz CT molecular complexity index is 529. The molecule has 0 atom stereocenters. The highest BCUT2D eigenvalue weighted by Gasteiger charge is 2.06. The van der Waals surface area contributed by atoms with Crippen molar-refractivity contribution in [1.82, 2.24) is 4.98 Å². The molecular formula is C14H15BrN2O. The standard InChI is InChI=1S/C14H15BrN2O/c1-9-5-12(16)6-10(2)14(9)18-8-13-4-3-11(15)7-17-13/h3-7H,8,16H2,1-2H3. The lowest BCUT2D eigenvalue weighted by atomic mass is 10.1. The van der Waals surface area contributed by atoms with Gasteiger partial charge in [-0.3, -0.25) is 4.98 Å². The van der Waals surface area contributed by atoms with Gasteiger partial charge in [-0.1, -0.05) is 0 Å². The van der Waals surface area contributed by atoms with Crippen LogP contribution in [0.4, 0.5) is 5.69 Å². The number of halogens is 1. The summed E-state index contributed by atoms with van der Waals surface area (Å²) in [4.78, 5) is 4.27. The Morgan fingerprint density at radius 3 is 2.44 bits per heavy atom. The molecule has 18 heavy (non-hydrogen) atoms. The van der Waals surface area contributed by atoms with Crippen LogP contribution in [0.2, 0.25) is 0 Å². The number of pyridine rings is 1. The molecule has 0 bridgehead atoms. The van der Waals surface area contributed by atoms with Crippen molar-refractivity contribution in [2.75, 3.05) is 5.73 Å². The van der Waals surface area contributed by atoms with E-state index in [9.17, 15) is 0 Å². The molecule has 4 heteroatoms. The Hall–Kier alpha value is -1.55. The molecule has 0 saturated carbocycles. The second-order valence-electron chi connectivity index (χ2n) is 4.24. The van der Waals surface area contributed by atoms with Crippen molar-refractivity contribution in [2.45, 2.75) is 20.5 Å². The number of nitrogens with zero attached hydrogens (tertiary/aromatic N) is 1. The Morgan fingerprint density at radius 1 is 1.22 bits per heavy atom. The molecule has 1 aromatic heterocycles. The fourth-order valence-corrected chi connectivity index (χ4v) is 2.08. The molecule has 0 fully saturated rings. The first-order chi connectivity index (χ1) is 8.56. The SMILES string of the molecule is Cc1cc(N)cc(C)c1OCc1ccc(Br)cn1. The van der Waals surface area contributed by atoms with E-state index in [0.29, 0.717) is 6.61 Å². The third-order valence-electron chi connectivity index (χ3n) is 2.64. The molecule has 1 aromatic carbocycles. The van der Waals surface area contributed by atoms with Gasteiger partial charge < -0.3 is 10.5 Å². The van der Waals surface area contributed by atoms with E-state index in [4.69, 9.17) is 10.5 Å². The molecule has 2 aromatic rings. The number of hydrogen-bond acceptors (Lipinski definition) is 3. The van der Waals surface area contributed by atoms with E-state index in [0.717, 1.165) is 32.7 Å². The van der Waals surface area contributed by atoms with Gasteiger partial charge in [0.15, 0.2) is 0 Å². The van der Waals surface area contributed by atoms with Crippen LogP contribution in [0.1, 0.15) is 16.8 Å². The van der Waals surface area contributed by atoms with Crippen molar-refractivity contribution in [3.05, 3.63) is 51.8 Å². The summed E-state index contributed by atoms with van der Waals surface area (Å²) in [6.45, 7) is 4.44. The number of anilines is 1. The van der Waals surface area contributed by atoms with Crippen LogP contribution in [-0.4, -0.2) is 4.98 Å². The summed E-state index contributed by atoms with van der Waals surface area (Å²) in [6, 6.07) is 7.72. The van der Waals surface area contributed by atoms with E-state index in [-0.39, 0.29) is 0 Å². The first-order valence-electron chi connectivity index (χ1n) is 5.66. The maximum absolute atomic E-state index is 5.82. The van der Waals surface area contributed by atoms with Gasteiger partial charge in [-0.25, -0.2) is 0 Å². The quantitative estimate of drug-likeness (QED) is 0.881. The van der Waals surface area contributed by atoms with Crippen molar-refractivity contribution in [3.8, 4) is 5.75 Å². The second kappa shape index (κ2) is 5.40. The fraction of sp³-hybridized carbons (Fsp3) is 0.214. The molecule has 0 aliphatic rings. The topological polar surface area (TPSA) is 48.1 Å². The third kappa shape index (κ3) is 3.01. The highest BCUT2D eigenvalue weighted by atomic mass is 79.9. The molecule has 0 saturated heterocycles. The van der Waals surface area contributed by atoms with Crippen LogP contribution in [-0.2, 0) is 6.61 Å². The van der Waals surface area contributed by atoms with Crippen LogP contribution in [0, 0.1) is 13.8 Å². The maximum atomic E-state index is 5.82. The smallest absolute Gasteiger partial charge is 0.130 e. The van der Waals surface area contributed by atoms with Crippen LogP contribution < -0.4 is 10.5 Å². The lowest BCUT2D eigenvalue weighted by Crippen LogP contribution is -2.01. The normalized spacial score (nSPS) is 10.4. The van der Waals surface area contributed by atoms with E-state index in [2.05, 4.69) is 20.9 Å². The number of aryl methyl sites for hydroxylation is 2. The lowest BCUT2D eigenvalue weighted by Gasteiger charge is -2.12. The van der Waals surface area contributed by atoms with Gasteiger partial charge in [0.2, 0.25) is 0 Å². The Labute approximate surface area is 115 Å². The van der Waals surface area contributed by atoms with Crippen LogP contribution in [0.5, 0.6) is 5.75 Å². The van der Waals surface area contributed by atoms with E-state index in [1.165, 1.54) is 0 Å². The number of rotatable bonds is 3. The Balaban J connectivity index is 2.13. The molecule has 2 rings (SSSR count). The number of benzene rings is 1. The lowest BCUT2D eigenvalue weighted by molar-refractivity contribution is 0.297. The number of nitrogen functional groups attached to an aromatic ring is 1. The van der Waals surface area contributed by atoms with E-state index in [1.54, 1.807) is 6.20 Å². The Morgan fingerprint density at radius 2 is 1.89 bits per heavy atom. The van der Waals surface area contributed by atoms with Gasteiger partial charge >= 0.3 is 0 Å². The number of nitrogens with two attached hydrogens (primary N) is 1. The zero-order chi connectivity index (χ0) is 13.1.